The molecule has 0 saturated heterocycles. The molecular weight excluding hydrogens is 495 g/mol. The Kier molecular flexibility index (Phi) is 8.39. The summed E-state index contributed by atoms with van der Waals surface area (Å²) >= 11 is 17.8. The molecule has 0 saturated carbocycles. The molecule has 0 aliphatic rings. The minimum Gasteiger partial charge on any atom is -0.484 e. The van der Waals surface area contributed by atoms with E-state index in [0.29, 0.717) is 17.9 Å². The first kappa shape index (κ1) is 24.4. The predicted molar refractivity (Wildman–Crippen MR) is 127 cm³/mol. The molecule has 0 spiro atoms. The van der Waals surface area contributed by atoms with Crippen molar-refractivity contribution in [1.29, 1.82) is 0 Å². The molecule has 168 valence electrons. The molecule has 10 heteroatoms. The van der Waals surface area contributed by atoms with Gasteiger partial charge < -0.3 is 10.1 Å². The maximum atomic E-state index is 12.4. The number of carbonyl (C=O) groups is 1. The molecule has 0 bridgehead atoms. The van der Waals surface area contributed by atoms with Gasteiger partial charge in [-0.15, -0.1) is 0 Å². The number of anilines is 1. The normalized spacial score (nSPS) is 11.2. The van der Waals surface area contributed by atoms with Gasteiger partial charge in [0.2, 0.25) is 10.0 Å². The Morgan fingerprint density at radius 3 is 2.22 bits per heavy atom. The molecule has 0 fully saturated rings. The van der Waals surface area contributed by atoms with Gasteiger partial charge in [-0.05, 0) is 48.4 Å². The van der Waals surface area contributed by atoms with Crippen molar-refractivity contribution in [2.75, 3.05) is 18.5 Å². The van der Waals surface area contributed by atoms with E-state index in [4.69, 9.17) is 39.5 Å². The van der Waals surface area contributed by atoms with Crippen molar-refractivity contribution in [3.63, 3.8) is 0 Å². The van der Waals surface area contributed by atoms with Crippen LogP contribution in [0.25, 0.3) is 0 Å². The highest BCUT2D eigenvalue weighted by molar-refractivity contribution is 7.89. The highest BCUT2D eigenvalue weighted by Gasteiger charge is 2.14. The zero-order valence-electron chi connectivity index (χ0n) is 16.6. The van der Waals surface area contributed by atoms with Gasteiger partial charge in [-0.3, -0.25) is 4.79 Å². The number of hydrogen-bond acceptors (Lipinski definition) is 4. The third kappa shape index (κ3) is 6.85. The van der Waals surface area contributed by atoms with E-state index in [1.807, 2.05) is 30.3 Å². The van der Waals surface area contributed by atoms with Gasteiger partial charge >= 0.3 is 0 Å². The molecule has 32 heavy (non-hydrogen) atoms. The summed E-state index contributed by atoms with van der Waals surface area (Å²) in [6, 6.07) is 18.2. The van der Waals surface area contributed by atoms with Crippen LogP contribution in [0.1, 0.15) is 5.56 Å². The third-order valence-electron chi connectivity index (χ3n) is 4.34. The largest absolute Gasteiger partial charge is 0.484 e. The van der Waals surface area contributed by atoms with Gasteiger partial charge in [-0.1, -0.05) is 65.1 Å². The maximum absolute atomic E-state index is 12.4. The molecular formula is C22H19Cl3N2O4S. The van der Waals surface area contributed by atoms with Crippen LogP contribution >= 0.6 is 34.8 Å². The summed E-state index contributed by atoms with van der Waals surface area (Å²) < 4.78 is 32.9. The first-order chi connectivity index (χ1) is 15.2. The average Bonchev–Trinajstić information content (AvgIpc) is 2.77. The summed E-state index contributed by atoms with van der Waals surface area (Å²) in [5.74, 6) is -0.131. The van der Waals surface area contributed by atoms with Crippen LogP contribution < -0.4 is 14.8 Å². The number of halogens is 3. The van der Waals surface area contributed by atoms with Crippen molar-refractivity contribution in [2.45, 2.75) is 11.3 Å². The first-order valence-corrected chi connectivity index (χ1v) is 12.1. The minimum absolute atomic E-state index is 0.102. The standard InChI is InChI=1S/C22H19Cl3N2O4S/c23-18-12-20(25)21(13-19(18)24)27-22(28)14-31-16-6-8-17(9-7-16)32(29,30)26-11-10-15-4-2-1-3-5-15/h1-9,12-13,26H,10-11,14H2,(H,27,28). The highest BCUT2D eigenvalue weighted by Crippen LogP contribution is 2.32. The predicted octanol–water partition coefficient (Wildman–Crippen LogP) is 5.19. The summed E-state index contributed by atoms with van der Waals surface area (Å²) in [5.41, 5.74) is 1.34. The molecule has 0 aliphatic carbocycles. The number of nitrogens with one attached hydrogen (secondary N) is 2. The van der Waals surface area contributed by atoms with Gasteiger partial charge in [0, 0.05) is 6.54 Å². The number of sulfonamides is 1. The van der Waals surface area contributed by atoms with Crippen LogP contribution in [0.3, 0.4) is 0 Å². The summed E-state index contributed by atoms with van der Waals surface area (Å²) in [4.78, 5) is 12.2. The lowest BCUT2D eigenvalue weighted by Gasteiger charge is -2.11. The quantitative estimate of drug-likeness (QED) is 0.386. The van der Waals surface area contributed by atoms with Crippen molar-refractivity contribution in [3.05, 3.63) is 87.4 Å². The summed E-state index contributed by atoms with van der Waals surface area (Å²) in [6.07, 6.45) is 0.583. The maximum Gasteiger partial charge on any atom is 0.262 e. The number of carbonyl (C=O) groups excluding carboxylic acids is 1. The van der Waals surface area contributed by atoms with E-state index in [0.717, 1.165) is 5.56 Å². The van der Waals surface area contributed by atoms with Crippen LogP contribution in [0.5, 0.6) is 5.75 Å². The molecule has 0 radical (unpaired) electrons. The molecule has 2 N–H and O–H groups in total. The molecule has 0 unspecified atom stereocenters. The molecule has 3 aromatic rings. The van der Waals surface area contributed by atoms with Crippen molar-refractivity contribution in [3.8, 4) is 5.75 Å². The molecule has 0 atom stereocenters. The SMILES string of the molecule is O=C(COc1ccc(S(=O)(=O)NCCc2ccccc2)cc1)Nc1cc(Cl)c(Cl)cc1Cl. The Labute approximate surface area is 201 Å². The average molecular weight is 514 g/mol. The third-order valence-corrected chi connectivity index (χ3v) is 6.85. The lowest BCUT2D eigenvalue weighted by molar-refractivity contribution is -0.118. The van der Waals surface area contributed by atoms with Crippen LogP contribution in [0.4, 0.5) is 5.69 Å². The smallest absolute Gasteiger partial charge is 0.262 e. The zero-order chi connectivity index (χ0) is 23.1. The van der Waals surface area contributed by atoms with Crippen LogP contribution in [0.2, 0.25) is 15.1 Å². The Hall–Kier alpha value is -2.29. The molecule has 1 amide bonds. The Balaban J connectivity index is 1.51. The van der Waals surface area contributed by atoms with E-state index in [-0.39, 0.29) is 33.1 Å². The van der Waals surface area contributed by atoms with Crippen LogP contribution in [0.15, 0.2) is 71.6 Å². The molecule has 0 aromatic heterocycles. The van der Waals surface area contributed by atoms with Gasteiger partial charge in [0.25, 0.3) is 5.91 Å². The zero-order valence-corrected chi connectivity index (χ0v) is 19.7. The molecule has 3 rings (SSSR count). The summed E-state index contributed by atoms with van der Waals surface area (Å²) in [7, 11) is -3.65. The molecule has 6 nitrogen and oxygen atoms in total. The van der Waals surface area contributed by atoms with Gasteiger partial charge in [0.1, 0.15) is 5.75 Å². The van der Waals surface area contributed by atoms with E-state index in [2.05, 4.69) is 10.0 Å². The van der Waals surface area contributed by atoms with Crippen LogP contribution in [0, 0.1) is 0 Å². The summed E-state index contributed by atoms with van der Waals surface area (Å²) in [5, 5.41) is 3.34. The van der Waals surface area contributed by atoms with Gasteiger partial charge in [-0.25, -0.2) is 13.1 Å². The van der Waals surface area contributed by atoms with Crippen LogP contribution in [-0.4, -0.2) is 27.5 Å². The fraction of sp³-hybridized carbons (Fsp3) is 0.136. The second-order valence-electron chi connectivity index (χ2n) is 6.69. The first-order valence-electron chi connectivity index (χ1n) is 9.45. The van der Waals surface area contributed by atoms with Crippen molar-refractivity contribution in [2.24, 2.45) is 0 Å². The number of rotatable bonds is 9. The topological polar surface area (TPSA) is 84.5 Å². The lowest BCUT2D eigenvalue weighted by Crippen LogP contribution is -2.26. The monoisotopic (exact) mass is 512 g/mol. The van der Waals surface area contributed by atoms with E-state index in [9.17, 15) is 13.2 Å². The number of ether oxygens (including phenoxy) is 1. The summed E-state index contributed by atoms with van der Waals surface area (Å²) in [6.45, 7) is -0.0277. The number of amides is 1. The van der Waals surface area contributed by atoms with E-state index < -0.39 is 15.9 Å². The minimum atomic E-state index is -3.65. The Bertz CT molecular complexity index is 1190. The Morgan fingerprint density at radius 2 is 1.53 bits per heavy atom. The molecule has 0 heterocycles. The fourth-order valence-electron chi connectivity index (χ4n) is 2.73. The van der Waals surface area contributed by atoms with Crippen molar-refractivity contribution >= 4 is 56.4 Å². The highest BCUT2D eigenvalue weighted by atomic mass is 35.5. The number of benzene rings is 3. The number of hydrogen-bond donors (Lipinski definition) is 2. The fourth-order valence-corrected chi connectivity index (χ4v) is 4.35. The van der Waals surface area contributed by atoms with E-state index in [1.165, 1.54) is 36.4 Å². The van der Waals surface area contributed by atoms with E-state index in [1.54, 1.807) is 0 Å². The van der Waals surface area contributed by atoms with Gasteiger partial charge in [0.05, 0.1) is 25.7 Å². The van der Waals surface area contributed by atoms with E-state index >= 15 is 0 Å². The van der Waals surface area contributed by atoms with Gasteiger partial charge in [0.15, 0.2) is 6.61 Å². The van der Waals surface area contributed by atoms with Crippen molar-refractivity contribution < 1.29 is 17.9 Å². The Morgan fingerprint density at radius 1 is 0.875 bits per heavy atom. The van der Waals surface area contributed by atoms with Crippen LogP contribution in [-0.2, 0) is 21.2 Å². The van der Waals surface area contributed by atoms with Gasteiger partial charge in [-0.2, -0.15) is 0 Å². The second kappa shape index (κ2) is 11.0. The molecule has 3 aromatic carbocycles. The van der Waals surface area contributed by atoms with Crippen molar-refractivity contribution in [1.82, 2.24) is 4.72 Å². The lowest BCUT2D eigenvalue weighted by atomic mass is 10.2. The molecule has 0 aliphatic heterocycles. The second-order valence-corrected chi connectivity index (χ2v) is 9.68.